The number of aromatic nitrogens is 4. The van der Waals surface area contributed by atoms with E-state index >= 15 is 0 Å². The SMILES string of the molecule is Cc1nc(NCCNC(=O)c2ccc(C#N)cc2)cc(-n2cccn2)n1. The molecule has 0 unspecified atom stereocenters. The van der Waals surface area contributed by atoms with Gasteiger partial charge in [0.1, 0.15) is 11.6 Å². The van der Waals surface area contributed by atoms with Crippen molar-refractivity contribution in [1.29, 1.82) is 5.26 Å². The van der Waals surface area contributed by atoms with Gasteiger partial charge in [-0.3, -0.25) is 4.79 Å². The molecule has 0 fully saturated rings. The fraction of sp³-hybridized carbons (Fsp3) is 0.167. The summed E-state index contributed by atoms with van der Waals surface area (Å²) in [5.74, 6) is 1.77. The van der Waals surface area contributed by atoms with Crippen molar-refractivity contribution in [2.24, 2.45) is 0 Å². The van der Waals surface area contributed by atoms with Crippen LogP contribution in [0, 0.1) is 18.3 Å². The number of nitriles is 1. The largest absolute Gasteiger partial charge is 0.368 e. The molecule has 0 aliphatic carbocycles. The molecule has 3 rings (SSSR count). The molecule has 0 aliphatic rings. The van der Waals surface area contributed by atoms with Crippen LogP contribution in [0.4, 0.5) is 5.82 Å². The van der Waals surface area contributed by atoms with E-state index in [9.17, 15) is 4.79 Å². The number of hydrogen-bond donors (Lipinski definition) is 2. The van der Waals surface area contributed by atoms with E-state index in [2.05, 4.69) is 25.7 Å². The van der Waals surface area contributed by atoms with Crippen molar-refractivity contribution in [2.75, 3.05) is 18.4 Å². The van der Waals surface area contributed by atoms with Gasteiger partial charge in [-0.25, -0.2) is 14.6 Å². The van der Waals surface area contributed by atoms with E-state index in [1.165, 1.54) is 0 Å². The van der Waals surface area contributed by atoms with Gasteiger partial charge in [-0.05, 0) is 37.3 Å². The standard InChI is InChI=1S/C18H17N7O/c1-13-23-16(11-17(24-13)25-10-2-7-22-25)20-8-9-21-18(26)15-5-3-14(12-19)4-6-15/h2-7,10-11H,8-9H2,1H3,(H,21,26)(H,20,23,24). The number of carbonyl (C=O) groups excluding carboxylic acids is 1. The molecule has 0 atom stereocenters. The monoisotopic (exact) mass is 347 g/mol. The van der Waals surface area contributed by atoms with Gasteiger partial charge in [-0.15, -0.1) is 0 Å². The van der Waals surface area contributed by atoms with E-state index in [1.807, 2.05) is 25.3 Å². The third-order valence-corrected chi connectivity index (χ3v) is 3.56. The average Bonchev–Trinajstić information content (AvgIpc) is 3.19. The summed E-state index contributed by atoms with van der Waals surface area (Å²) >= 11 is 0. The Morgan fingerprint density at radius 1 is 1.23 bits per heavy atom. The molecular formula is C18H17N7O. The molecule has 0 spiro atoms. The van der Waals surface area contributed by atoms with Crippen LogP contribution in [0.3, 0.4) is 0 Å². The van der Waals surface area contributed by atoms with Crippen LogP contribution in [0.15, 0.2) is 48.8 Å². The summed E-state index contributed by atoms with van der Waals surface area (Å²) < 4.78 is 1.66. The number of anilines is 1. The zero-order valence-electron chi connectivity index (χ0n) is 14.2. The molecule has 3 aromatic rings. The predicted octanol–water partition coefficient (Wildman–Crippen LogP) is 1.68. The number of rotatable bonds is 6. The summed E-state index contributed by atoms with van der Waals surface area (Å²) in [4.78, 5) is 20.7. The van der Waals surface area contributed by atoms with Crippen LogP contribution in [-0.2, 0) is 0 Å². The van der Waals surface area contributed by atoms with Crippen LogP contribution in [0.2, 0.25) is 0 Å². The molecular weight excluding hydrogens is 330 g/mol. The molecule has 0 saturated carbocycles. The quantitative estimate of drug-likeness (QED) is 0.657. The topological polar surface area (TPSA) is 109 Å². The Morgan fingerprint density at radius 3 is 2.73 bits per heavy atom. The van der Waals surface area contributed by atoms with E-state index in [-0.39, 0.29) is 5.91 Å². The Labute approximate surface area is 150 Å². The number of benzene rings is 1. The average molecular weight is 347 g/mol. The smallest absolute Gasteiger partial charge is 0.251 e. The third kappa shape index (κ3) is 4.21. The molecule has 8 heteroatoms. The maximum Gasteiger partial charge on any atom is 0.251 e. The van der Waals surface area contributed by atoms with Crippen molar-refractivity contribution < 1.29 is 4.79 Å². The van der Waals surface area contributed by atoms with E-state index < -0.39 is 0 Å². The molecule has 130 valence electrons. The maximum absolute atomic E-state index is 12.1. The highest BCUT2D eigenvalue weighted by Crippen LogP contribution is 2.09. The predicted molar refractivity (Wildman–Crippen MR) is 95.9 cm³/mol. The fourth-order valence-electron chi connectivity index (χ4n) is 2.33. The summed E-state index contributed by atoms with van der Waals surface area (Å²) in [5, 5.41) is 18.9. The lowest BCUT2D eigenvalue weighted by molar-refractivity contribution is 0.0955. The van der Waals surface area contributed by atoms with Gasteiger partial charge in [-0.1, -0.05) is 0 Å². The van der Waals surface area contributed by atoms with Crippen molar-refractivity contribution in [3.05, 3.63) is 65.7 Å². The lowest BCUT2D eigenvalue weighted by Crippen LogP contribution is -2.29. The van der Waals surface area contributed by atoms with Crippen LogP contribution in [0.5, 0.6) is 0 Å². The van der Waals surface area contributed by atoms with Gasteiger partial charge in [-0.2, -0.15) is 10.4 Å². The summed E-state index contributed by atoms with van der Waals surface area (Å²) in [6.45, 7) is 2.75. The normalized spacial score (nSPS) is 10.2. The van der Waals surface area contributed by atoms with Gasteiger partial charge >= 0.3 is 0 Å². The van der Waals surface area contributed by atoms with Crippen LogP contribution in [0.25, 0.3) is 5.82 Å². The highest BCUT2D eigenvalue weighted by molar-refractivity contribution is 5.94. The van der Waals surface area contributed by atoms with Gasteiger partial charge in [0.05, 0.1) is 11.6 Å². The molecule has 2 heterocycles. The summed E-state index contributed by atoms with van der Waals surface area (Å²) in [6.07, 6.45) is 3.49. The minimum absolute atomic E-state index is 0.188. The maximum atomic E-state index is 12.1. The molecule has 26 heavy (non-hydrogen) atoms. The Hall–Kier alpha value is -3.73. The van der Waals surface area contributed by atoms with Crippen LogP contribution < -0.4 is 10.6 Å². The number of nitrogens with zero attached hydrogens (tertiary/aromatic N) is 5. The first-order valence-corrected chi connectivity index (χ1v) is 8.03. The van der Waals surface area contributed by atoms with Crippen molar-refractivity contribution in [3.8, 4) is 11.9 Å². The van der Waals surface area contributed by atoms with Gasteiger partial charge in [0.15, 0.2) is 5.82 Å². The second kappa shape index (κ2) is 7.90. The Morgan fingerprint density at radius 2 is 2.04 bits per heavy atom. The molecule has 8 nitrogen and oxygen atoms in total. The summed E-state index contributed by atoms with van der Waals surface area (Å²) in [6, 6.07) is 12.1. The second-order valence-electron chi connectivity index (χ2n) is 5.48. The molecule has 2 aromatic heterocycles. The molecule has 0 saturated heterocycles. The third-order valence-electron chi connectivity index (χ3n) is 3.56. The summed E-state index contributed by atoms with van der Waals surface area (Å²) in [7, 11) is 0. The minimum Gasteiger partial charge on any atom is -0.368 e. The van der Waals surface area contributed by atoms with Crippen molar-refractivity contribution in [2.45, 2.75) is 6.92 Å². The highest BCUT2D eigenvalue weighted by atomic mass is 16.1. The molecule has 1 aromatic carbocycles. The number of aryl methyl sites for hydroxylation is 1. The van der Waals surface area contributed by atoms with E-state index in [4.69, 9.17) is 5.26 Å². The molecule has 1 amide bonds. The van der Waals surface area contributed by atoms with E-state index in [0.29, 0.717) is 41.7 Å². The molecule has 0 radical (unpaired) electrons. The first-order valence-electron chi connectivity index (χ1n) is 8.03. The Balaban J connectivity index is 1.53. The van der Waals surface area contributed by atoms with Gasteiger partial charge in [0, 0.05) is 37.1 Å². The van der Waals surface area contributed by atoms with Crippen LogP contribution >= 0.6 is 0 Å². The Bertz CT molecular complexity index is 927. The van der Waals surface area contributed by atoms with Gasteiger partial charge in [0.2, 0.25) is 0 Å². The minimum atomic E-state index is -0.188. The molecule has 2 N–H and O–H groups in total. The van der Waals surface area contributed by atoms with Crippen molar-refractivity contribution >= 4 is 11.7 Å². The lowest BCUT2D eigenvalue weighted by Gasteiger charge is -2.09. The number of hydrogen-bond acceptors (Lipinski definition) is 6. The Kier molecular flexibility index (Phi) is 5.19. The zero-order valence-corrected chi connectivity index (χ0v) is 14.2. The van der Waals surface area contributed by atoms with Crippen molar-refractivity contribution in [3.63, 3.8) is 0 Å². The number of amides is 1. The van der Waals surface area contributed by atoms with Crippen molar-refractivity contribution in [1.82, 2.24) is 25.1 Å². The summed E-state index contributed by atoms with van der Waals surface area (Å²) in [5.41, 5.74) is 1.04. The van der Waals surface area contributed by atoms with E-state index in [1.54, 1.807) is 41.2 Å². The lowest BCUT2D eigenvalue weighted by atomic mass is 10.1. The highest BCUT2D eigenvalue weighted by Gasteiger charge is 2.06. The van der Waals surface area contributed by atoms with Crippen LogP contribution in [0.1, 0.15) is 21.7 Å². The van der Waals surface area contributed by atoms with E-state index in [0.717, 1.165) is 0 Å². The molecule has 0 aliphatic heterocycles. The van der Waals surface area contributed by atoms with Crippen LogP contribution in [-0.4, -0.2) is 38.7 Å². The van der Waals surface area contributed by atoms with Gasteiger partial charge in [0.25, 0.3) is 5.91 Å². The number of nitrogens with one attached hydrogen (secondary N) is 2. The molecule has 0 bridgehead atoms. The second-order valence-corrected chi connectivity index (χ2v) is 5.48. The number of carbonyl (C=O) groups is 1. The fourth-order valence-corrected chi connectivity index (χ4v) is 2.33. The van der Waals surface area contributed by atoms with Gasteiger partial charge < -0.3 is 10.6 Å². The first-order chi connectivity index (χ1) is 12.7. The first kappa shape index (κ1) is 17.1. The zero-order chi connectivity index (χ0) is 18.4.